The molecule has 2 aromatic carbocycles. The minimum atomic E-state index is -0.150. The van der Waals surface area contributed by atoms with E-state index < -0.39 is 0 Å². The Bertz CT molecular complexity index is 1010. The Labute approximate surface area is 180 Å². The van der Waals surface area contributed by atoms with Gasteiger partial charge in [0.1, 0.15) is 5.82 Å². The predicted molar refractivity (Wildman–Crippen MR) is 117 cm³/mol. The molecule has 5 nitrogen and oxygen atoms in total. The molecular formula is C22H22Cl2N4O. The van der Waals surface area contributed by atoms with Gasteiger partial charge in [-0.15, -0.1) is 0 Å². The minimum absolute atomic E-state index is 0.150. The molecule has 1 aliphatic heterocycles. The number of imidazole rings is 1. The van der Waals surface area contributed by atoms with E-state index >= 15 is 0 Å². The van der Waals surface area contributed by atoms with Crippen molar-refractivity contribution in [2.24, 2.45) is 0 Å². The first-order valence-electron chi connectivity index (χ1n) is 9.71. The SMILES string of the molecule is Cc1[nH]c(-c2ccc(Cl)cc2Cl)nc1C(=O)N(c1ccccc1)N1CCCCC1. The van der Waals surface area contributed by atoms with Gasteiger partial charge in [-0.1, -0.05) is 47.8 Å². The molecule has 1 amide bonds. The number of benzene rings is 2. The van der Waals surface area contributed by atoms with E-state index in [-0.39, 0.29) is 5.91 Å². The number of nitrogens with zero attached hydrogens (tertiary/aromatic N) is 3. The number of piperidine rings is 1. The zero-order chi connectivity index (χ0) is 20.4. The van der Waals surface area contributed by atoms with Crippen molar-refractivity contribution in [1.29, 1.82) is 0 Å². The molecule has 0 spiro atoms. The Kier molecular flexibility index (Phi) is 5.90. The minimum Gasteiger partial charge on any atom is -0.341 e. The lowest BCUT2D eigenvalue weighted by Crippen LogP contribution is -2.49. The standard InChI is InChI=1S/C22H22Cl2N4O/c1-15-20(26-21(25-15)18-11-10-16(23)14-19(18)24)22(29)28(17-8-4-2-5-9-17)27-12-6-3-7-13-27/h2,4-5,8-11,14H,3,6-7,12-13H2,1H3,(H,25,26). The fraction of sp³-hybridized carbons (Fsp3) is 0.273. The van der Waals surface area contributed by atoms with Crippen molar-refractivity contribution in [1.82, 2.24) is 15.0 Å². The molecule has 0 radical (unpaired) electrons. The van der Waals surface area contributed by atoms with Crippen LogP contribution in [0.2, 0.25) is 10.0 Å². The van der Waals surface area contributed by atoms with Crippen LogP contribution in [0.15, 0.2) is 48.5 Å². The number of aromatic nitrogens is 2. The number of halogens is 2. The number of H-pyrrole nitrogens is 1. The van der Waals surface area contributed by atoms with Gasteiger partial charge >= 0.3 is 0 Å². The highest BCUT2D eigenvalue weighted by atomic mass is 35.5. The summed E-state index contributed by atoms with van der Waals surface area (Å²) in [4.78, 5) is 21.4. The second-order valence-corrected chi connectivity index (χ2v) is 7.99. The summed E-state index contributed by atoms with van der Waals surface area (Å²) in [7, 11) is 0. The largest absolute Gasteiger partial charge is 0.341 e. The molecule has 1 N–H and O–H groups in total. The van der Waals surface area contributed by atoms with Crippen molar-refractivity contribution < 1.29 is 4.79 Å². The van der Waals surface area contributed by atoms with E-state index in [1.807, 2.05) is 37.3 Å². The number of aromatic amines is 1. The van der Waals surface area contributed by atoms with Crippen molar-refractivity contribution in [2.45, 2.75) is 26.2 Å². The highest BCUT2D eigenvalue weighted by Crippen LogP contribution is 2.30. The van der Waals surface area contributed by atoms with Crippen LogP contribution in [0.25, 0.3) is 11.4 Å². The third kappa shape index (κ3) is 4.17. The second kappa shape index (κ2) is 8.57. The molecule has 4 rings (SSSR count). The normalized spacial score (nSPS) is 14.7. The molecule has 0 unspecified atom stereocenters. The molecule has 0 atom stereocenters. The van der Waals surface area contributed by atoms with E-state index in [9.17, 15) is 4.79 Å². The second-order valence-electron chi connectivity index (χ2n) is 7.15. The first-order chi connectivity index (χ1) is 14.0. The summed E-state index contributed by atoms with van der Waals surface area (Å²) >= 11 is 12.3. The lowest BCUT2D eigenvalue weighted by atomic mass is 10.1. The van der Waals surface area contributed by atoms with Crippen molar-refractivity contribution in [3.63, 3.8) is 0 Å². The number of para-hydroxylation sites is 1. The van der Waals surface area contributed by atoms with Crippen LogP contribution in [0.5, 0.6) is 0 Å². The highest BCUT2D eigenvalue weighted by Gasteiger charge is 2.29. The van der Waals surface area contributed by atoms with Crippen LogP contribution in [0.1, 0.15) is 35.4 Å². The van der Waals surface area contributed by atoms with Crippen LogP contribution in [0.3, 0.4) is 0 Å². The van der Waals surface area contributed by atoms with Crippen molar-refractivity contribution in [3.8, 4) is 11.4 Å². The maximum Gasteiger partial charge on any atom is 0.293 e. The third-order valence-electron chi connectivity index (χ3n) is 5.08. The number of aryl methyl sites for hydroxylation is 1. The molecule has 3 aromatic rings. The van der Waals surface area contributed by atoms with Gasteiger partial charge in [-0.2, -0.15) is 0 Å². The van der Waals surface area contributed by atoms with Gasteiger partial charge in [-0.3, -0.25) is 4.79 Å². The number of nitrogens with one attached hydrogen (secondary N) is 1. The van der Waals surface area contributed by atoms with Crippen molar-refractivity contribution in [3.05, 3.63) is 70.0 Å². The summed E-state index contributed by atoms with van der Waals surface area (Å²) in [6.45, 7) is 3.55. The number of amides is 1. The average Bonchev–Trinajstić information content (AvgIpc) is 3.11. The molecule has 0 aliphatic carbocycles. The summed E-state index contributed by atoms with van der Waals surface area (Å²) in [6.07, 6.45) is 3.33. The summed E-state index contributed by atoms with van der Waals surface area (Å²) in [5.74, 6) is 0.405. The van der Waals surface area contributed by atoms with E-state index in [1.54, 1.807) is 23.2 Å². The van der Waals surface area contributed by atoms with Crippen LogP contribution >= 0.6 is 23.2 Å². The van der Waals surface area contributed by atoms with Gasteiger partial charge in [-0.05, 0) is 50.1 Å². The van der Waals surface area contributed by atoms with Gasteiger partial charge in [0.25, 0.3) is 5.91 Å². The average molecular weight is 429 g/mol. The Hall–Kier alpha value is -2.34. The smallest absolute Gasteiger partial charge is 0.293 e. The molecule has 29 heavy (non-hydrogen) atoms. The van der Waals surface area contributed by atoms with Crippen LogP contribution < -0.4 is 5.01 Å². The first-order valence-corrected chi connectivity index (χ1v) is 10.5. The van der Waals surface area contributed by atoms with Gasteiger partial charge in [0.2, 0.25) is 0 Å². The molecule has 1 aliphatic rings. The fourth-order valence-corrected chi connectivity index (χ4v) is 4.13. The summed E-state index contributed by atoms with van der Waals surface area (Å²) in [6, 6.07) is 15.0. The van der Waals surface area contributed by atoms with Crippen LogP contribution in [0, 0.1) is 6.92 Å². The van der Waals surface area contributed by atoms with Gasteiger partial charge in [0.15, 0.2) is 5.69 Å². The van der Waals surface area contributed by atoms with Crippen molar-refractivity contribution in [2.75, 3.05) is 18.1 Å². The monoisotopic (exact) mass is 428 g/mol. The zero-order valence-corrected chi connectivity index (χ0v) is 17.7. The number of carbonyl (C=O) groups is 1. The van der Waals surface area contributed by atoms with Crippen LogP contribution in [-0.4, -0.2) is 34.0 Å². The van der Waals surface area contributed by atoms with Gasteiger partial charge in [0, 0.05) is 29.4 Å². The maximum absolute atomic E-state index is 13.6. The van der Waals surface area contributed by atoms with Crippen LogP contribution in [0.4, 0.5) is 5.69 Å². The number of rotatable bonds is 4. The van der Waals surface area contributed by atoms with Gasteiger partial charge in [0.05, 0.1) is 10.7 Å². The van der Waals surface area contributed by atoms with E-state index in [0.29, 0.717) is 32.8 Å². The number of carbonyl (C=O) groups excluding carboxylic acids is 1. The van der Waals surface area contributed by atoms with E-state index in [2.05, 4.69) is 15.0 Å². The van der Waals surface area contributed by atoms with E-state index in [1.165, 1.54) is 6.42 Å². The van der Waals surface area contributed by atoms with Crippen LogP contribution in [-0.2, 0) is 0 Å². The first kappa shape index (κ1) is 20.0. The number of hydrazine groups is 1. The Morgan fingerprint density at radius 1 is 1.07 bits per heavy atom. The molecule has 1 fully saturated rings. The fourth-order valence-electron chi connectivity index (χ4n) is 3.63. The zero-order valence-electron chi connectivity index (χ0n) is 16.2. The topological polar surface area (TPSA) is 52.2 Å². The summed E-state index contributed by atoms with van der Waals surface area (Å²) in [5, 5.41) is 4.92. The molecule has 2 heterocycles. The lowest BCUT2D eigenvalue weighted by Gasteiger charge is -2.37. The molecule has 7 heteroatoms. The molecular weight excluding hydrogens is 407 g/mol. The molecule has 150 valence electrons. The van der Waals surface area contributed by atoms with E-state index in [4.69, 9.17) is 23.2 Å². The van der Waals surface area contributed by atoms with Gasteiger partial charge < -0.3 is 4.98 Å². The van der Waals surface area contributed by atoms with Crippen molar-refractivity contribution >= 4 is 34.8 Å². The highest BCUT2D eigenvalue weighted by molar-refractivity contribution is 6.36. The predicted octanol–water partition coefficient (Wildman–Crippen LogP) is 5.74. The Morgan fingerprint density at radius 2 is 1.79 bits per heavy atom. The molecule has 1 saturated heterocycles. The molecule has 0 saturated carbocycles. The Balaban J connectivity index is 1.72. The quantitative estimate of drug-likeness (QED) is 0.576. The molecule has 0 bridgehead atoms. The number of hydrogen-bond acceptors (Lipinski definition) is 3. The lowest BCUT2D eigenvalue weighted by molar-refractivity contribution is 0.0867. The van der Waals surface area contributed by atoms with Gasteiger partial charge in [-0.25, -0.2) is 15.0 Å². The number of anilines is 1. The van der Waals surface area contributed by atoms with E-state index in [0.717, 1.165) is 31.6 Å². The summed E-state index contributed by atoms with van der Waals surface area (Å²) in [5.41, 5.74) is 2.64. The maximum atomic E-state index is 13.6. The number of hydrogen-bond donors (Lipinski definition) is 1. The Morgan fingerprint density at radius 3 is 2.48 bits per heavy atom. The third-order valence-corrected chi connectivity index (χ3v) is 5.63. The molecule has 1 aromatic heterocycles. The summed E-state index contributed by atoms with van der Waals surface area (Å²) < 4.78 is 0.